The van der Waals surface area contributed by atoms with Crippen LogP contribution in [0.15, 0.2) is 0 Å². The summed E-state index contributed by atoms with van der Waals surface area (Å²) in [6.07, 6.45) is 3.01. The van der Waals surface area contributed by atoms with Gasteiger partial charge >= 0.3 is 6.09 Å². The first kappa shape index (κ1) is 14.6. The van der Waals surface area contributed by atoms with Crippen LogP contribution < -0.4 is 5.73 Å². The van der Waals surface area contributed by atoms with Crippen LogP contribution in [-0.4, -0.2) is 48.4 Å². The molecule has 2 atom stereocenters. The van der Waals surface area contributed by atoms with Crippen molar-refractivity contribution in [3.63, 3.8) is 0 Å². The van der Waals surface area contributed by atoms with Gasteiger partial charge in [-0.15, -0.1) is 0 Å². The lowest BCUT2D eigenvalue weighted by atomic mass is 9.89. The summed E-state index contributed by atoms with van der Waals surface area (Å²) in [6.45, 7) is 7.88. The summed E-state index contributed by atoms with van der Waals surface area (Å²) in [5.74, 6) is 0.534. The first-order valence-electron chi connectivity index (χ1n) is 7.20. The maximum absolute atomic E-state index is 11.9. The number of likely N-dealkylation sites (tertiary alicyclic amines) is 1. The number of hydrogen-bond acceptors (Lipinski definition) is 4. The van der Waals surface area contributed by atoms with Crippen molar-refractivity contribution < 1.29 is 14.3 Å². The minimum absolute atomic E-state index is 0.189. The highest BCUT2D eigenvalue weighted by Crippen LogP contribution is 2.29. The van der Waals surface area contributed by atoms with E-state index in [9.17, 15) is 4.79 Å². The molecule has 110 valence electrons. The number of hydrogen-bond donors (Lipinski definition) is 1. The zero-order chi connectivity index (χ0) is 14.0. The highest BCUT2D eigenvalue weighted by Gasteiger charge is 2.34. The molecule has 2 heterocycles. The molecule has 0 radical (unpaired) electrons. The predicted molar refractivity (Wildman–Crippen MR) is 72.9 cm³/mol. The van der Waals surface area contributed by atoms with Gasteiger partial charge in [0, 0.05) is 19.1 Å². The van der Waals surface area contributed by atoms with Crippen LogP contribution in [0, 0.1) is 5.92 Å². The Morgan fingerprint density at radius 3 is 2.42 bits per heavy atom. The molecule has 2 aliphatic rings. The van der Waals surface area contributed by atoms with E-state index in [1.165, 1.54) is 0 Å². The van der Waals surface area contributed by atoms with Crippen molar-refractivity contribution in [2.45, 2.75) is 57.8 Å². The SMILES string of the molecule is CC(C)(C)OC(=O)N1CCC(C2CC(N)CO2)CC1. The Labute approximate surface area is 115 Å². The number of piperidine rings is 1. The third-order valence-corrected chi connectivity index (χ3v) is 3.78. The summed E-state index contributed by atoms with van der Waals surface area (Å²) in [4.78, 5) is 13.7. The van der Waals surface area contributed by atoms with Crippen molar-refractivity contribution in [2.75, 3.05) is 19.7 Å². The molecule has 0 bridgehead atoms. The molecule has 2 unspecified atom stereocenters. The number of carbonyl (C=O) groups excluding carboxylic acids is 1. The van der Waals surface area contributed by atoms with Crippen LogP contribution in [0.25, 0.3) is 0 Å². The van der Waals surface area contributed by atoms with Gasteiger partial charge in [-0.1, -0.05) is 0 Å². The number of amides is 1. The molecular weight excluding hydrogens is 244 g/mol. The van der Waals surface area contributed by atoms with Crippen LogP contribution in [0.5, 0.6) is 0 Å². The summed E-state index contributed by atoms with van der Waals surface area (Å²) in [5.41, 5.74) is 5.45. The number of rotatable bonds is 1. The number of carbonyl (C=O) groups is 1. The lowest BCUT2D eigenvalue weighted by Crippen LogP contribution is -2.43. The Kier molecular flexibility index (Phi) is 4.36. The Bertz CT molecular complexity index is 319. The standard InChI is InChI=1S/C14H26N2O3/c1-14(2,3)19-13(17)16-6-4-10(5-7-16)12-8-11(15)9-18-12/h10-12H,4-9,15H2,1-3H3. The Morgan fingerprint density at radius 2 is 1.95 bits per heavy atom. The van der Waals surface area contributed by atoms with Crippen molar-refractivity contribution in [3.8, 4) is 0 Å². The van der Waals surface area contributed by atoms with Crippen molar-refractivity contribution in [1.29, 1.82) is 0 Å². The van der Waals surface area contributed by atoms with Gasteiger partial charge in [-0.3, -0.25) is 0 Å². The van der Waals surface area contributed by atoms with Gasteiger partial charge in [-0.05, 0) is 46.0 Å². The fourth-order valence-electron chi connectivity index (χ4n) is 2.79. The Hall–Kier alpha value is -0.810. The minimum atomic E-state index is -0.421. The van der Waals surface area contributed by atoms with Gasteiger partial charge in [-0.2, -0.15) is 0 Å². The van der Waals surface area contributed by atoms with Gasteiger partial charge in [0.05, 0.1) is 12.7 Å². The van der Waals surface area contributed by atoms with E-state index in [4.69, 9.17) is 15.2 Å². The Morgan fingerprint density at radius 1 is 1.32 bits per heavy atom. The highest BCUT2D eigenvalue weighted by molar-refractivity contribution is 5.68. The average Bonchev–Trinajstić information content (AvgIpc) is 2.74. The smallest absolute Gasteiger partial charge is 0.410 e. The van der Waals surface area contributed by atoms with Gasteiger partial charge in [0.2, 0.25) is 0 Å². The molecule has 2 rings (SSSR count). The van der Waals surface area contributed by atoms with Crippen LogP contribution in [0.4, 0.5) is 4.79 Å². The average molecular weight is 270 g/mol. The fourth-order valence-corrected chi connectivity index (χ4v) is 2.79. The molecule has 0 saturated carbocycles. The van der Waals surface area contributed by atoms with Crippen molar-refractivity contribution in [2.24, 2.45) is 11.7 Å². The molecular formula is C14H26N2O3. The lowest BCUT2D eigenvalue weighted by Gasteiger charge is -2.35. The van der Waals surface area contributed by atoms with Crippen molar-refractivity contribution in [3.05, 3.63) is 0 Å². The molecule has 0 aromatic carbocycles. The minimum Gasteiger partial charge on any atom is -0.444 e. The second kappa shape index (κ2) is 5.67. The normalized spacial score (nSPS) is 29.6. The molecule has 1 amide bonds. The lowest BCUT2D eigenvalue weighted by molar-refractivity contribution is 0.00239. The quantitative estimate of drug-likeness (QED) is 0.788. The van der Waals surface area contributed by atoms with Gasteiger partial charge in [0.25, 0.3) is 0 Å². The number of ether oxygens (including phenoxy) is 2. The molecule has 5 nitrogen and oxygen atoms in total. The van der Waals surface area contributed by atoms with Gasteiger partial charge < -0.3 is 20.1 Å². The maximum Gasteiger partial charge on any atom is 0.410 e. The first-order valence-corrected chi connectivity index (χ1v) is 7.20. The predicted octanol–water partition coefficient (Wildman–Crippen LogP) is 1.75. The Balaban J connectivity index is 1.77. The monoisotopic (exact) mass is 270 g/mol. The summed E-state index contributed by atoms with van der Waals surface area (Å²) in [6, 6.07) is 0.189. The van der Waals surface area contributed by atoms with Crippen molar-refractivity contribution >= 4 is 6.09 Å². The van der Waals surface area contributed by atoms with Gasteiger partial charge in [0.1, 0.15) is 5.60 Å². The summed E-state index contributed by atoms with van der Waals surface area (Å²) in [5, 5.41) is 0. The largest absolute Gasteiger partial charge is 0.444 e. The van der Waals surface area contributed by atoms with Crippen LogP contribution >= 0.6 is 0 Å². The molecule has 0 spiro atoms. The third kappa shape index (κ3) is 4.08. The molecule has 19 heavy (non-hydrogen) atoms. The second-order valence-corrected chi connectivity index (χ2v) is 6.67. The van der Waals surface area contributed by atoms with E-state index < -0.39 is 5.60 Å². The van der Waals surface area contributed by atoms with E-state index in [0.717, 1.165) is 32.4 Å². The van der Waals surface area contributed by atoms with Gasteiger partial charge in [-0.25, -0.2) is 4.79 Å². The van der Waals surface area contributed by atoms with Crippen LogP contribution in [0.1, 0.15) is 40.0 Å². The topological polar surface area (TPSA) is 64.8 Å². The van der Waals surface area contributed by atoms with E-state index in [1.807, 2.05) is 20.8 Å². The first-order chi connectivity index (χ1) is 8.85. The van der Waals surface area contributed by atoms with Crippen LogP contribution in [0.3, 0.4) is 0 Å². The molecule has 2 N–H and O–H groups in total. The fraction of sp³-hybridized carbons (Fsp3) is 0.929. The summed E-state index contributed by atoms with van der Waals surface area (Å²) >= 11 is 0. The zero-order valence-electron chi connectivity index (χ0n) is 12.2. The molecule has 2 fully saturated rings. The summed E-state index contributed by atoms with van der Waals surface area (Å²) in [7, 11) is 0. The van der Waals surface area contributed by atoms with E-state index in [0.29, 0.717) is 12.5 Å². The van der Waals surface area contributed by atoms with E-state index in [-0.39, 0.29) is 18.2 Å². The zero-order valence-corrected chi connectivity index (χ0v) is 12.2. The third-order valence-electron chi connectivity index (χ3n) is 3.78. The molecule has 0 aromatic heterocycles. The van der Waals surface area contributed by atoms with Crippen LogP contribution in [0.2, 0.25) is 0 Å². The molecule has 2 saturated heterocycles. The number of nitrogens with zero attached hydrogens (tertiary/aromatic N) is 1. The highest BCUT2D eigenvalue weighted by atomic mass is 16.6. The van der Waals surface area contributed by atoms with E-state index >= 15 is 0 Å². The maximum atomic E-state index is 11.9. The van der Waals surface area contributed by atoms with Crippen molar-refractivity contribution in [1.82, 2.24) is 4.90 Å². The van der Waals surface area contributed by atoms with Gasteiger partial charge in [0.15, 0.2) is 0 Å². The molecule has 0 aromatic rings. The number of nitrogens with two attached hydrogens (primary N) is 1. The molecule has 2 aliphatic heterocycles. The molecule has 0 aliphatic carbocycles. The van der Waals surface area contributed by atoms with E-state index in [1.54, 1.807) is 4.90 Å². The van der Waals surface area contributed by atoms with E-state index in [2.05, 4.69) is 0 Å². The van der Waals surface area contributed by atoms with Crippen LogP contribution in [-0.2, 0) is 9.47 Å². The summed E-state index contributed by atoms with van der Waals surface area (Å²) < 4.78 is 11.1. The second-order valence-electron chi connectivity index (χ2n) is 6.67. The molecule has 5 heteroatoms.